The summed E-state index contributed by atoms with van der Waals surface area (Å²) in [5.41, 5.74) is 0. The van der Waals surface area contributed by atoms with E-state index in [2.05, 4.69) is 24.2 Å². The summed E-state index contributed by atoms with van der Waals surface area (Å²) < 4.78 is 0. The Labute approximate surface area is 94.4 Å². The van der Waals surface area contributed by atoms with Crippen LogP contribution in [0.1, 0.15) is 39.0 Å². The normalized spacial score (nSPS) is 31.2. The van der Waals surface area contributed by atoms with Crippen LogP contribution in [0.4, 0.5) is 0 Å². The third-order valence-electron chi connectivity index (χ3n) is 4.32. The zero-order valence-corrected chi connectivity index (χ0v) is 10.3. The van der Waals surface area contributed by atoms with Crippen LogP contribution in [0.2, 0.25) is 0 Å². The van der Waals surface area contributed by atoms with Gasteiger partial charge in [0.25, 0.3) is 0 Å². The molecule has 0 radical (unpaired) electrons. The van der Waals surface area contributed by atoms with Gasteiger partial charge in [0.2, 0.25) is 0 Å². The van der Waals surface area contributed by atoms with Crippen LogP contribution in [0.5, 0.6) is 0 Å². The Hall–Kier alpha value is -0.0800. The van der Waals surface area contributed by atoms with Crippen LogP contribution in [-0.2, 0) is 0 Å². The van der Waals surface area contributed by atoms with Gasteiger partial charge >= 0.3 is 0 Å². The molecular weight excluding hydrogens is 184 g/mol. The second-order valence-electron chi connectivity index (χ2n) is 5.66. The van der Waals surface area contributed by atoms with Gasteiger partial charge in [0.05, 0.1) is 0 Å². The van der Waals surface area contributed by atoms with Crippen molar-refractivity contribution in [3.63, 3.8) is 0 Å². The van der Waals surface area contributed by atoms with Crippen molar-refractivity contribution < 1.29 is 0 Å². The molecule has 88 valence electrons. The van der Waals surface area contributed by atoms with Gasteiger partial charge in [-0.3, -0.25) is 0 Å². The molecule has 0 amide bonds. The molecule has 2 unspecified atom stereocenters. The lowest BCUT2D eigenvalue weighted by atomic mass is 9.99. The van der Waals surface area contributed by atoms with E-state index in [1.807, 2.05) is 0 Å². The van der Waals surface area contributed by atoms with Gasteiger partial charge in [-0.2, -0.15) is 0 Å². The number of rotatable bonds is 4. The first-order chi connectivity index (χ1) is 7.25. The molecule has 1 saturated carbocycles. The zero-order chi connectivity index (χ0) is 10.7. The molecule has 0 spiro atoms. The molecule has 15 heavy (non-hydrogen) atoms. The Morgan fingerprint density at radius 1 is 1.27 bits per heavy atom. The molecular formula is C13H26N2. The maximum atomic E-state index is 3.76. The Balaban J connectivity index is 1.64. The van der Waals surface area contributed by atoms with Crippen LogP contribution in [0, 0.1) is 11.8 Å². The summed E-state index contributed by atoms with van der Waals surface area (Å²) in [4.78, 5) is 2.45. The average molecular weight is 210 g/mol. The number of hydrogen-bond acceptors (Lipinski definition) is 2. The summed E-state index contributed by atoms with van der Waals surface area (Å²) in [6.45, 7) is 6.21. The van der Waals surface area contributed by atoms with Crippen LogP contribution in [0.25, 0.3) is 0 Å². The van der Waals surface area contributed by atoms with Crippen LogP contribution < -0.4 is 5.32 Å². The Bertz CT molecular complexity index is 187. The smallest absolute Gasteiger partial charge is 0.00671 e. The van der Waals surface area contributed by atoms with Crippen molar-refractivity contribution >= 4 is 0 Å². The molecule has 0 bridgehead atoms. The molecule has 1 N–H and O–H groups in total. The molecule has 1 heterocycles. The van der Waals surface area contributed by atoms with Crippen molar-refractivity contribution in [3.8, 4) is 0 Å². The van der Waals surface area contributed by atoms with Crippen LogP contribution in [0.3, 0.4) is 0 Å². The Morgan fingerprint density at radius 2 is 2.00 bits per heavy atom. The van der Waals surface area contributed by atoms with E-state index in [-0.39, 0.29) is 0 Å². The van der Waals surface area contributed by atoms with E-state index in [1.54, 1.807) is 0 Å². The first-order valence-electron chi connectivity index (χ1n) is 6.67. The SMILES string of the molecule is CC(NCC1CCN(C)C1)C1CCCC1. The summed E-state index contributed by atoms with van der Waals surface area (Å²) in [6, 6.07) is 0.749. The molecule has 2 rings (SSSR count). The van der Waals surface area contributed by atoms with E-state index in [9.17, 15) is 0 Å². The molecule has 1 saturated heterocycles. The molecule has 2 heteroatoms. The molecule has 1 aliphatic carbocycles. The summed E-state index contributed by atoms with van der Waals surface area (Å²) >= 11 is 0. The predicted octanol–water partition coefficient (Wildman–Crippen LogP) is 2.11. The molecule has 2 atom stereocenters. The van der Waals surface area contributed by atoms with Crippen molar-refractivity contribution in [3.05, 3.63) is 0 Å². The van der Waals surface area contributed by atoms with Gasteiger partial charge < -0.3 is 10.2 Å². The summed E-state index contributed by atoms with van der Waals surface area (Å²) in [6.07, 6.45) is 7.23. The molecule has 0 aromatic carbocycles. The van der Waals surface area contributed by atoms with Gasteiger partial charge in [0, 0.05) is 12.6 Å². The lowest BCUT2D eigenvalue weighted by Crippen LogP contribution is -2.36. The molecule has 2 nitrogen and oxygen atoms in total. The molecule has 2 fully saturated rings. The predicted molar refractivity (Wildman–Crippen MR) is 65.0 cm³/mol. The van der Waals surface area contributed by atoms with E-state index in [1.165, 1.54) is 51.7 Å². The van der Waals surface area contributed by atoms with Gasteiger partial charge in [0.15, 0.2) is 0 Å². The van der Waals surface area contributed by atoms with Gasteiger partial charge in [-0.15, -0.1) is 0 Å². The number of nitrogens with one attached hydrogen (secondary N) is 1. The van der Waals surface area contributed by atoms with Crippen LogP contribution in [-0.4, -0.2) is 37.6 Å². The van der Waals surface area contributed by atoms with E-state index in [0.29, 0.717) is 0 Å². The van der Waals surface area contributed by atoms with Crippen molar-refractivity contribution in [2.45, 2.75) is 45.1 Å². The summed E-state index contributed by atoms with van der Waals surface area (Å²) in [5.74, 6) is 1.86. The van der Waals surface area contributed by atoms with Gasteiger partial charge in [-0.1, -0.05) is 12.8 Å². The maximum Gasteiger partial charge on any atom is 0.00671 e. The fraction of sp³-hybridized carbons (Fsp3) is 1.00. The highest BCUT2D eigenvalue weighted by atomic mass is 15.1. The lowest BCUT2D eigenvalue weighted by molar-refractivity contribution is 0.342. The number of nitrogens with zero attached hydrogens (tertiary/aromatic N) is 1. The largest absolute Gasteiger partial charge is 0.314 e. The van der Waals surface area contributed by atoms with Crippen LogP contribution >= 0.6 is 0 Å². The zero-order valence-electron chi connectivity index (χ0n) is 10.3. The minimum absolute atomic E-state index is 0.749. The number of hydrogen-bond donors (Lipinski definition) is 1. The second-order valence-corrected chi connectivity index (χ2v) is 5.66. The lowest BCUT2D eigenvalue weighted by Gasteiger charge is -2.22. The fourth-order valence-corrected chi connectivity index (χ4v) is 3.17. The van der Waals surface area contributed by atoms with Gasteiger partial charge in [-0.25, -0.2) is 0 Å². The third kappa shape index (κ3) is 3.18. The minimum Gasteiger partial charge on any atom is -0.314 e. The van der Waals surface area contributed by atoms with Gasteiger partial charge in [0.1, 0.15) is 0 Å². The van der Waals surface area contributed by atoms with E-state index >= 15 is 0 Å². The fourth-order valence-electron chi connectivity index (χ4n) is 3.17. The number of likely N-dealkylation sites (tertiary alicyclic amines) is 1. The highest BCUT2D eigenvalue weighted by Crippen LogP contribution is 2.27. The van der Waals surface area contributed by atoms with Crippen molar-refractivity contribution in [1.29, 1.82) is 0 Å². The first-order valence-corrected chi connectivity index (χ1v) is 6.67. The summed E-state index contributed by atoms with van der Waals surface area (Å²) in [7, 11) is 2.24. The van der Waals surface area contributed by atoms with Gasteiger partial charge in [-0.05, 0) is 58.2 Å². The first kappa shape index (κ1) is 11.4. The quantitative estimate of drug-likeness (QED) is 0.764. The average Bonchev–Trinajstić information content (AvgIpc) is 2.84. The van der Waals surface area contributed by atoms with Crippen molar-refractivity contribution in [1.82, 2.24) is 10.2 Å². The Kier molecular flexibility index (Phi) is 4.04. The van der Waals surface area contributed by atoms with Crippen molar-refractivity contribution in [2.75, 3.05) is 26.7 Å². The molecule has 1 aliphatic heterocycles. The maximum absolute atomic E-state index is 3.76. The topological polar surface area (TPSA) is 15.3 Å². The molecule has 2 aliphatic rings. The monoisotopic (exact) mass is 210 g/mol. The third-order valence-corrected chi connectivity index (χ3v) is 4.32. The van der Waals surface area contributed by atoms with E-state index < -0.39 is 0 Å². The summed E-state index contributed by atoms with van der Waals surface area (Å²) in [5, 5.41) is 3.76. The highest BCUT2D eigenvalue weighted by molar-refractivity contribution is 4.80. The van der Waals surface area contributed by atoms with E-state index in [0.717, 1.165) is 17.9 Å². The second kappa shape index (κ2) is 5.31. The standard InChI is InChI=1S/C13H26N2/c1-11(13-5-3-4-6-13)14-9-12-7-8-15(2)10-12/h11-14H,3-10H2,1-2H3. The van der Waals surface area contributed by atoms with Crippen LogP contribution in [0.15, 0.2) is 0 Å². The minimum atomic E-state index is 0.749. The highest BCUT2D eigenvalue weighted by Gasteiger charge is 2.23. The van der Waals surface area contributed by atoms with Crippen molar-refractivity contribution in [2.24, 2.45) is 11.8 Å². The molecule has 0 aromatic heterocycles. The van der Waals surface area contributed by atoms with E-state index in [4.69, 9.17) is 0 Å². The Morgan fingerprint density at radius 3 is 2.60 bits per heavy atom. The molecule has 0 aromatic rings.